The highest BCUT2D eigenvalue weighted by Gasteiger charge is 2.20. The van der Waals surface area contributed by atoms with Gasteiger partial charge in [0, 0.05) is 20.2 Å². The summed E-state index contributed by atoms with van der Waals surface area (Å²) in [6.45, 7) is 2.44. The van der Waals surface area contributed by atoms with E-state index in [0.717, 1.165) is 19.4 Å². The van der Waals surface area contributed by atoms with Gasteiger partial charge < -0.3 is 15.4 Å². The molecule has 1 aliphatic heterocycles. The van der Waals surface area contributed by atoms with Gasteiger partial charge in [-0.1, -0.05) is 0 Å². The quantitative estimate of drug-likeness (QED) is 0.902. The molecule has 20 heavy (non-hydrogen) atoms. The average Bonchev–Trinajstić information content (AvgIpc) is 2.39. The molecule has 2 rings (SSSR count). The van der Waals surface area contributed by atoms with Crippen molar-refractivity contribution < 1.29 is 13.5 Å². The Bertz CT molecular complexity index is 424. The molecule has 1 unspecified atom stereocenters. The largest absolute Gasteiger partial charge is 0.381 e. The topological polar surface area (TPSA) is 38.5 Å². The molecule has 1 aromatic carbocycles. The fraction of sp³-hybridized carbons (Fsp3) is 0.600. The Balaban J connectivity index is 2.10. The van der Waals surface area contributed by atoms with Crippen LogP contribution in [0.3, 0.4) is 0 Å². The van der Waals surface area contributed by atoms with Crippen molar-refractivity contribution in [3.8, 4) is 0 Å². The molecule has 1 aromatic rings. The standard InChI is InChI=1S/C15H22F2N2O/c1-19(9-12-3-2-6-20-10-12)15-13(16)7-11(4-5-18)8-14(15)17/h7-8,12H,2-6,9-10,18H2,1H3. The van der Waals surface area contributed by atoms with E-state index in [1.165, 1.54) is 12.1 Å². The first-order valence-corrected chi connectivity index (χ1v) is 7.08. The molecule has 0 aromatic heterocycles. The molecule has 0 spiro atoms. The van der Waals surface area contributed by atoms with Crippen molar-refractivity contribution in [1.82, 2.24) is 0 Å². The molecule has 0 bridgehead atoms. The van der Waals surface area contributed by atoms with E-state index in [2.05, 4.69) is 0 Å². The number of hydrogen-bond donors (Lipinski definition) is 1. The summed E-state index contributed by atoms with van der Waals surface area (Å²) in [5.74, 6) is -0.711. The number of halogens is 2. The Labute approximate surface area is 118 Å². The average molecular weight is 284 g/mol. The highest BCUT2D eigenvalue weighted by atomic mass is 19.1. The normalized spacial score (nSPS) is 19.1. The summed E-state index contributed by atoms with van der Waals surface area (Å²) in [5, 5.41) is 0. The van der Waals surface area contributed by atoms with E-state index in [4.69, 9.17) is 10.5 Å². The maximum absolute atomic E-state index is 14.1. The van der Waals surface area contributed by atoms with Gasteiger partial charge in [0.15, 0.2) is 0 Å². The lowest BCUT2D eigenvalue weighted by Gasteiger charge is -2.29. The number of ether oxygens (including phenoxy) is 1. The maximum atomic E-state index is 14.1. The highest BCUT2D eigenvalue weighted by molar-refractivity contribution is 5.50. The van der Waals surface area contributed by atoms with Gasteiger partial charge in [-0.15, -0.1) is 0 Å². The number of nitrogens with zero attached hydrogens (tertiary/aromatic N) is 1. The van der Waals surface area contributed by atoms with E-state index < -0.39 is 11.6 Å². The lowest BCUT2D eigenvalue weighted by molar-refractivity contribution is 0.0575. The number of anilines is 1. The molecule has 1 heterocycles. The molecule has 1 atom stereocenters. The first kappa shape index (κ1) is 15.2. The molecular formula is C15H22F2N2O. The Morgan fingerprint density at radius 3 is 2.60 bits per heavy atom. The molecule has 5 heteroatoms. The summed E-state index contributed by atoms with van der Waals surface area (Å²) < 4.78 is 33.6. The number of hydrogen-bond acceptors (Lipinski definition) is 3. The predicted molar refractivity (Wildman–Crippen MR) is 75.9 cm³/mol. The third kappa shape index (κ3) is 3.67. The fourth-order valence-electron chi connectivity index (χ4n) is 2.72. The van der Waals surface area contributed by atoms with Crippen molar-refractivity contribution in [2.45, 2.75) is 19.3 Å². The summed E-state index contributed by atoms with van der Waals surface area (Å²) in [6.07, 6.45) is 2.53. The zero-order valence-electron chi connectivity index (χ0n) is 11.9. The molecule has 0 amide bonds. The van der Waals surface area contributed by atoms with E-state index in [-0.39, 0.29) is 5.69 Å². The number of benzene rings is 1. The summed E-state index contributed by atoms with van der Waals surface area (Å²) in [6, 6.07) is 2.75. The van der Waals surface area contributed by atoms with Crippen molar-refractivity contribution in [1.29, 1.82) is 0 Å². The van der Waals surface area contributed by atoms with Crippen LogP contribution in [0, 0.1) is 17.6 Å². The molecule has 0 aliphatic carbocycles. The zero-order valence-corrected chi connectivity index (χ0v) is 11.9. The molecule has 1 fully saturated rings. The summed E-state index contributed by atoms with van der Waals surface area (Å²) in [4.78, 5) is 1.65. The minimum atomic E-state index is -0.521. The predicted octanol–water partition coefficient (Wildman–Crippen LogP) is 2.33. The van der Waals surface area contributed by atoms with Crippen LogP contribution in [0.1, 0.15) is 18.4 Å². The molecular weight excluding hydrogens is 262 g/mol. The molecule has 112 valence electrons. The van der Waals surface area contributed by atoms with Crippen LogP contribution >= 0.6 is 0 Å². The minimum Gasteiger partial charge on any atom is -0.381 e. The maximum Gasteiger partial charge on any atom is 0.149 e. The third-order valence-electron chi connectivity index (χ3n) is 3.68. The van der Waals surface area contributed by atoms with Crippen LogP contribution < -0.4 is 10.6 Å². The molecule has 2 N–H and O–H groups in total. The Morgan fingerprint density at radius 1 is 1.35 bits per heavy atom. The first-order valence-electron chi connectivity index (χ1n) is 7.08. The molecule has 3 nitrogen and oxygen atoms in total. The minimum absolute atomic E-state index is 0.0383. The van der Waals surface area contributed by atoms with Gasteiger partial charge in [-0.2, -0.15) is 0 Å². The Kier molecular flexibility index (Phi) is 5.31. The Hall–Kier alpha value is -1.20. The smallest absolute Gasteiger partial charge is 0.149 e. The van der Waals surface area contributed by atoms with Gasteiger partial charge in [0.05, 0.1) is 6.61 Å². The van der Waals surface area contributed by atoms with Crippen molar-refractivity contribution in [3.63, 3.8) is 0 Å². The van der Waals surface area contributed by atoms with E-state index in [0.29, 0.717) is 37.6 Å². The summed E-state index contributed by atoms with van der Waals surface area (Å²) >= 11 is 0. The van der Waals surface area contributed by atoms with Gasteiger partial charge in [-0.25, -0.2) is 8.78 Å². The lowest BCUT2D eigenvalue weighted by atomic mass is 10.0. The zero-order chi connectivity index (χ0) is 14.5. The van der Waals surface area contributed by atoms with Gasteiger partial charge in [-0.05, 0) is 49.4 Å². The first-order chi connectivity index (χ1) is 9.61. The Morgan fingerprint density at radius 2 is 2.05 bits per heavy atom. The van der Waals surface area contributed by atoms with Crippen LogP contribution in [0.15, 0.2) is 12.1 Å². The van der Waals surface area contributed by atoms with Crippen molar-refractivity contribution >= 4 is 5.69 Å². The van der Waals surface area contributed by atoms with Crippen LogP contribution in [0.4, 0.5) is 14.5 Å². The second kappa shape index (κ2) is 6.99. The van der Waals surface area contributed by atoms with Crippen LogP contribution in [0.5, 0.6) is 0 Å². The van der Waals surface area contributed by atoms with Crippen molar-refractivity contribution in [2.75, 3.05) is 38.3 Å². The second-order valence-corrected chi connectivity index (χ2v) is 5.41. The van der Waals surface area contributed by atoms with Crippen molar-refractivity contribution in [2.24, 2.45) is 11.7 Å². The van der Waals surface area contributed by atoms with Crippen LogP contribution in [-0.4, -0.2) is 33.4 Å². The van der Waals surface area contributed by atoms with Crippen molar-refractivity contribution in [3.05, 3.63) is 29.3 Å². The van der Waals surface area contributed by atoms with Gasteiger partial charge in [0.1, 0.15) is 17.3 Å². The van der Waals surface area contributed by atoms with Gasteiger partial charge in [-0.3, -0.25) is 0 Å². The van der Waals surface area contributed by atoms with E-state index in [9.17, 15) is 8.78 Å². The number of rotatable bonds is 5. The second-order valence-electron chi connectivity index (χ2n) is 5.41. The molecule has 0 radical (unpaired) electrons. The fourth-order valence-corrected chi connectivity index (χ4v) is 2.72. The van der Waals surface area contributed by atoms with E-state index in [1.54, 1.807) is 11.9 Å². The molecule has 1 aliphatic rings. The van der Waals surface area contributed by atoms with Gasteiger partial charge in [0.2, 0.25) is 0 Å². The summed E-state index contributed by atoms with van der Waals surface area (Å²) in [7, 11) is 1.72. The monoisotopic (exact) mass is 284 g/mol. The number of nitrogens with two attached hydrogens (primary N) is 1. The molecule has 1 saturated heterocycles. The van der Waals surface area contributed by atoms with E-state index in [1.807, 2.05) is 0 Å². The third-order valence-corrected chi connectivity index (χ3v) is 3.68. The molecule has 0 saturated carbocycles. The van der Waals surface area contributed by atoms with Crippen LogP contribution in [0.25, 0.3) is 0 Å². The van der Waals surface area contributed by atoms with Gasteiger partial charge in [0.25, 0.3) is 0 Å². The van der Waals surface area contributed by atoms with Crippen LogP contribution in [0.2, 0.25) is 0 Å². The van der Waals surface area contributed by atoms with Gasteiger partial charge >= 0.3 is 0 Å². The van der Waals surface area contributed by atoms with Crippen LogP contribution in [-0.2, 0) is 11.2 Å². The highest BCUT2D eigenvalue weighted by Crippen LogP contribution is 2.26. The lowest BCUT2D eigenvalue weighted by Crippen LogP contribution is -2.31. The van der Waals surface area contributed by atoms with E-state index >= 15 is 0 Å². The summed E-state index contributed by atoms with van der Waals surface area (Å²) in [5.41, 5.74) is 6.05. The SMILES string of the molecule is CN(CC1CCCOC1)c1c(F)cc(CCN)cc1F.